The Morgan fingerprint density at radius 1 is 1.45 bits per heavy atom. The Bertz CT molecular complexity index is 484. The van der Waals surface area contributed by atoms with E-state index in [1.54, 1.807) is 12.5 Å². The number of piperidine rings is 1. The standard InChI is InChI=1S/C16H26N4O2/c21-11-14-2-1-7-19(10-14)9-6-18-15(22)16(3-4-16)12-20-8-5-17-13-20/h5,8,13-14,21H,1-4,6-7,9-12H2,(H,18,22)/t14-/m1/s1. The topological polar surface area (TPSA) is 70.4 Å². The van der Waals surface area contributed by atoms with Crippen LogP contribution in [0.4, 0.5) is 0 Å². The summed E-state index contributed by atoms with van der Waals surface area (Å²) in [7, 11) is 0. The summed E-state index contributed by atoms with van der Waals surface area (Å²) in [5.74, 6) is 0.581. The molecule has 2 fully saturated rings. The van der Waals surface area contributed by atoms with Crippen molar-refractivity contribution in [3.8, 4) is 0 Å². The highest BCUT2D eigenvalue weighted by Gasteiger charge is 2.49. The van der Waals surface area contributed by atoms with Gasteiger partial charge in [-0.1, -0.05) is 0 Å². The maximum atomic E-state index is 12.4. The van der Waals surface area contributed by atoms with Crippen molar-refractivity contribution in [2.45, 2.75) is 32.2 Å². The van der Waals surface area contributed by atoms with Gasteiger partial charge in [-0.05, 0) is 38.1 Å². The van der Waals surface area contributed by atoms with Gasteiger partial charge >= 0.3 is 0 Å². The minimum atomic E-state index is -0.212. The van der Waals surface area contributed by atoms with Crippen molar-refractivity contribution in [1.29, 1.82) is 0 Å². The summed E-state index contributed by atoms with van der Waals surface area (Å²) in [6.45, 7) is 4.61. The second-order valence-electron chi connectivity index (χ2n) is 6.76. The molecule has 0 spiro atoms. The monoisotopic (exact) mass is 306 g/mol. The number of nitrogens with one attached hydrogen (secondary N) is 1. The van der Waals surface area contributed by atoms with Crippen LogP contribution in [0.15, 0.2) is 18.7 Å². The van der Waals surface area contributed by atoms with Crippen molar-refractivity contribution >= 4 is 5.91 Å². The first-order valence-corrected chi connectivity index (χ1v) is 8.29. The summed E-state index contributed by atoms with van der Waals surface area (Å²) in [6, 6.07) is 0. The lowest BCUT2D eigenvalue weighted by atomic mass is 9.99. The maximum absolute atomic E-state index is 12.4. The second kappa shape index (κ2) is 6.79. The van der Waals surface area contributed by atoms with Gasteiger partial charge in [-0.15, -0.1) is 0 Å². The Labute approximate surface area is 131 Å². The molecule has 3 rings (SSSR count). The molecule has 1 aliphatic heterocycles. The maximum Gasteiger partial charge on any atom is 0.228 e. The molecule has 122 valence electrons. The van der Waals surface area contributed by atoms with Crippen LogP contribution in [-0.4, -0.2) is 58.3 Å². The zero-order valence-electron chi connectivity index (χ0n) is 13.1. The SMILES string of the molecule is O=C(NCCN1CCC[C@@H](CO)C1)C1(Cn2ccnc2)CC1. The smallest absolute Gasteiger partial charge is 0.228 e. The van der Waals surface area contributed by atoms with Crippen molar-refractivity contribution < 1.29 is 9.90 Å². The summed E-state index contributed by atoms with van der Waals surface area (Å²) in [5, 5.41) is 12.4. The lowest BCUT2D eigenvalue weighted by Gasteiger charge is -2.31. The van der Waals surface area contributed by atoms with E-state index in [1.165, 1.54) is 0 Å². The van der Waals surface area contributed by atoms with E-state index in [0.29, 0.717) is 12.5 Å². The zero-order valence-corrected chi connectivity index (χ0v) is 13.1. The average molecular weight is 306 g/mol. The third kappa shape index (κ3) is 3.67. The van der Waals surface area contributed by atoms with Gasteiger partial charge < -0.3 is 19.9 Å². The Kier molecular flexibility index (Phi) is 4.78. The summed E-state index contributed by atoms with van der Waals surface area (Å²) in [6.07, 6.45) is 9.63. The van der Waals surface area contributed by atoms with Gasteiger partial charge in [0.2, 0.25) is 5.91 Å². The van der Waals surface area contributed by atoms with Crippen molar-refractivity contribution in [2.75, 3.05) is 32.8 Å². The van der Waals surface area contributed by atoms with E-state index in [0.717, 1.165) is 51.9 Å². The van der Waals surface area contributed by atoms with E-state index in [2.05, 4.69) is 15.2 Å². The molecule has 0 radical (unpaired) electrons. The van der Waals surface area contributed by atoms with Gasteiger partial charge in [0.1, 0.15) is 0 Å². The van der Waals surface area contributed by atoms with Crippen LogP contribution < -0.4 is 5.32 Å². The average Bonchev–Trinajstić information content (AvgIpc) is 3.14. The van der Waals surface area contributed by atoms with Gasteiger partial charge in [-0.2, -0.15) is 0 Å². The van der Waals surface area contributed by atoms with E-state index in [1.807, 2.05) is 10.8 Å². The Morgan fingerprint density at radius 3 is 3.00 bits per heavy atom. The van der Waals surface area contributed by atoms with E-state index in [4.69, 9.17) is 0 Å². The zero-order chi connectivity index (χ0) is 15.4. The number of hydrogen-bond acceptors (Lipinski definition) is 4. The van der Waals surface area contributed by atoms with Crippen LogP contribution in [0.2, 0.25) is 0 Å². The largest absolute Gasteiger partial charge is 0.396 e. The number of imidazole rings is 1. The molecule has 1 aromatic heterocycles. The lowest BCUT2D eigenvalue weighted by molar-refractivity contribution is -0.126. The predicted octanol–water partition coefficient (Wildman–Crippen LogP) is 0.484. The van der Waals surface area contributed by atoms with Crippen LogP contribution in [0.25, 0.3) is 0 Å². The van der Waals surface area contributed by atoms with Crippen LogP contribution in [0.5, 0.6) is 0 Å². The van der Waals surface area contributed by atoms with Crippen LogP contribution in [0, 0.1) is 11.3 Å². The molecule has 0 unspecified atom stereocenters. The van der Waals surface area contributed by atoms with Crippen molar-refractivity contribution in [3.63, 3.8) is 0 Å². The highest BCUT2D eigenvalue weighted by atomic mass is 16.3. The molecule has 0 bridgehead atoms. The van der Waals surface area contributed by atoms with E-state index < -0.39 is 0 Å². The van der Waals surface area contributed by atoms with Crippen LogP contribution >= 0.6 is 0 Å². The van der Waals surface area contributed by atoms with Crippen LogP contribution in [0.3, 0.4) is 0 Å². The summed E-state index contributed by atoms with van der Waals surface area (Å²) >= 11 is 0. The summed E-state index contributed by atoms with van der Waals surface area (Å²) in [4.78, 5) is 18.8. The van der Waals surface area contributed by atoms with Crippen LogP contribution in [-0.2, 0) is 11.3 Å². The number of likely N-dealkylation sites (tertiary alicyclic amines) is 1. The molecule has 1 atom stereocenters. The molecule has 6 heteroatoms. The van der Waals surface area contributed by atoms with Gasteiger partial charge in [0.05, 0.1) is 11.7 Å². The molecular weight excluding hydrogens is 280 g/mol. The number of nitrogens with zero attached hydrogens (tertiary/aromatic N) is 3. The number of carbonyl (C=O) groups excluding carboxylic acids is 1. The third-order valence-corrected chi connectivity index (χ3v) is 4.95. The molecule has 1 aliphatic carbocycles. The van der Waals surface area contributed by atoms with Gasteiger partial charge in [0.25, 0.3) is 0 Å². The first-order chi connectivity index (χ1) is 10.7. The highest BCUT2D eigenvalue weighted by molar-refractivity contribution is 5.85. The Hall–Kier alpha value is -1.40. The molecule has 6 nitrogen and oxygen atoms in total. The fourth-order valence-electron chi connectivity index (χ4n) is 3.36. The number of hydrogen-bond donors (Lipinski definition) is 2. The van der Waals surface area contributed by atoms with E-state index in [9.17, 15) is 9.90 Å². The number of aliphatic hydroxyl groups is 1. The molecule has 1 amide bonds. The molecule has 1 saturated heterocycles. The summed E-state index contributed by atoms with van der Waals surface area (Å²) in [5.41, 5.74) is -0.212. The molecule has 1 saturated carbocycles. The molecule has 2 heterocycles. The van der Waals surface area contributed by atoms with Crippen LogP contribution in [0.1, 0.15) is 25.7 Å². The van der Waals surface area contributed by atoms with Crippen molar-refractivity contribution in [2.24, 2.45) is 11.3 Å². The van der Waals surface area contributed by atoms with Crippen molar-refractivity contribution in [3.05, 3.63) is 18.7 Å². The Balaban J connectivity index is 1.41. The Morgan fingerprint density at radius 2 is 2.32 bits per heavy atom. The number of carbonyl (C=O) groups is 1. The van der Waals surface area contributed by atoms with Gasteiger partial charge in [0, 0.05) is 45.2 Å². The normalized spacial score (nSPS) is 24.1. The minimum absolute atomic E-state index is 0.178. The molecule has 1 aromatic rings. The number of aliphatic hydroxyl groups excluding tert-OH is 1. The summed E-state index contributed by atoms with van der Waals surface area (Å²) < 4.78 is 1.99. The minimum Gasteiger partial charge on any atom is -0.396 e. The highest BCUT2D eigenvalue weighted by Crippen LogP contribution is 2.47. The molecule has 0 aromatic carbocycles. The lowest BCUT2D eigenvalue weighted by Crippen LogP contribution is -2.43. The quantitative estimate of drug-likeness (QED) is 0.769. The van der Waals surface area contributed by atoms with Gasteiger partial charge in [0.15, 0.2) is 0 Å². The van der Waals surface area contributed by atoms with E-state index >= 15 is 0 Å². The fourth-order valence-corrected chi connectivity index (χ4v) is 3.36. The third-order valence-electron chi connectivity index (χ3n) is 4.95. The number of aromatic nitrogens is 2. The first-order valence-electron chi connectivity index (χ1n) is 8.29. The number of amides is 1. The fraction of sp³-hybridized carbons (Fsp3) is 0.750. The van der Waals surface area contributed by atoms with Gasteiger partial charge in [-0.25, -0.2) is 4.98 Å². The first kappa shape index (κ1) is 15.5. The molecule has 2 aliphatic rings. The molecular formula is C16H26N4O2. The number of rotatable bonds is 7. The molecule has 2 N–H and O–H groups in total. The second-order valence-corrected chi connectivity index (χ2v) is 6.76. The predicted molar refractivity (Wildman–Crippen MR) is 83.2 cm³/mol. The van der Waals surface area contributed by atoms with Gasteiger partial charge in [-0.3, -0.25) is 4.79 Å². The molecule has 22 heavy (non-hydrogen) atoms. The van der Waals surface area contributed by atoms with Crippen molar-refractivity contribution in [1.82, 2.24) is 19.8 Å². The van der Waals surface area contributed by atoms with E-state index in [-0.39, 0.29) is 17.9 Å².